The second kappa shape index (κ2) is 7.35. The zero-order valence-electron chi connectivity index (χ0n) is 15.3. The zero-order chi connectivity index (χ0) is 18.8. The van der Waals surface area contributed by atoms with E-state index in [9.17, 15) is 9.18 Å². The van der Waals surface area contributed by atoms with Crippen molar-refractivity contribution in [3.63, 3.8) is 0 Å². The maximum atomic E-state index is 13.4. The van der Waals surface area contributed by atoms with Gasteiger partial charge in [0.25, 0.3) is 5.91 Å². The first-order valence-corrected chi connectivity index (χ1v) is 9.26. The van der Waals surface area contributed by atoms with E-state index < -0.39 is 0 Å². The molecule has 1 fully saturated rings. The van der Waals surface area contributed by atoms with Crippen molar-refractivity contribution in [2.45, 2.75) is 25.7 Å². The van der Waals surface area contributed by atoms with E-state index in [2.05, 4.69) is 5.10 Å². The summed E-state index contributed by atoms with van der Waals surface area (Å²) in [5.41, 5.74) is 3.71. The van der Waals surface area contributed by atoms with Crippen molar-refractivity contribution in [2.75, 3.05) is 13.1 Å². The summed E-state index contributed by atoms with van der Waals surface area (Å²) in [6.45, 7) is 3.48. The highest BCUT2D eigenvalue weighted by atomic mass is 19.1. The Labute approximate surface area is 158 Å². The number of hydrogen-bond acceptors (Lipinski definition) is 2. The quantitative estimate of drug-likeness (QED) is 0.694. The third kappa shape index (κ3) is 3.77. The minimum Gasteiger partial charge on any atom is -0.339 e. The maximum Gasteiger partial charge on any atom is 0.253 e. The predicted octanol–water partition coefficient (Wildman–Crippen LogP) is 4.34. The molecule has 1 amide bonds. The fourth-order valence-corrected chi connectivity index (χ4v) is 3.68. The van der Waals surface area contributed by atoms with E-state index in [4.69, 9.17) is 0 Å². The molecule has 1 aliphatic rings. The Morgan fingerprint density at radius 1 is 1.11 bits per heavy atom. The summed E-state index contributed by atoms with van der Waals surface area (Å²) in [7, 11) is 0. The fourth-order valence-electron chi connectivity index (χ4n) is 3.68. The lowest BCUT2D eigenvalue weighted by Crippen LogP contribution is -2.37. The molecule has 3 aromatic rings. The van der Waals surface area contributed by atoms with Gasteiger partial charge < -0.3 is 4.90 Å². The zero-order valence-corrected chi connectivity index (χ0v) is 15.3. The van der Waals surface area contributed by atoms with E-state index in [1.807, 2.05) is 54.5 Å². The van der Waals surface area contributed by atoms with Crippen LogP contribution in [0, 0.1) is 12.7 Å². The van der Waals surface area contributed by atoms with Crippen molar-refractivity contribution in [3.8, 4) is 5.69 Å². The lowest BCUT2D eigenvalue weighted by molar-refractivity contribution is 0.0713. The number of amides is 1. The van der Waals surface area contributed by atoms with Gasteiger partial charge in [0.1, 0.15) is 5.82 Å². The molecule has 138 valence electrons. The molecule has 2 aromatic carbocycles. The number of piperidine rings is 1. The number of carbonyl (C=O) groups is 1. The van der Waals surface area contributed by atoms with Gasteiger partial charge in [-0.25, -0.2) is 9.07 Å². The molecule has 0 aliphatic carbocycles. The van der Waals surface area contributed by atoms with Crippen LogP contribution in [0.4, 0.5) is 4.39 Å². The number of rotatable bonds is 3. The molecule has 27 heavy (non-hydrogen) atoms. The summed E-state index contributed by atoms with van der Waals surface area (Å²) < 4.78 is 15.1. The summed E-state index contributed by atoms with van der Waals surface area (Å²) in [4.78, 5) is 14.6. The van der Waals surface area contributed by atoms with Gasteiger partial charge in [0.15, 0.2) is 0 Å². The Morgan fingerprint density at radius 2 is 1.89 bits per heavy atom. The number of aromatic nitrogens is 2. The Balaban J connectivity index is 1.42. The number of aryl methyl sites for hydroxylation is 1. The highest BCUT2D eigenvalue weighted by molar-refractivity contribution is 5.94. The van der Waals surface area contributed by atoms with Gasteiger partial charge in [-0.2, -0.15) is 5.10 Å². The molecule has 0 bridgehead atoms. The lowest BCUT2D eigenvalue weighted by Gasteiger charge is -2.31. The number of nitrogens with zero attached hydrogens (tertiary/aromatic N) is 3. The highest BCUT2D eigenvalue weighted by Gasteiger charge is 2.25. The van der Waals surface area contributed by atoms with Gasteiger partial charge >= 0.3 is 0 Å². The van der Waals surface area contributed by atoms with E-state index >= 15 is 0 Å². The molecule has 0 saturated carbocycles. The van der Waals surface area contributed by atoms with Crippen molar-refractivity contribution < 1.29 is 9.18 Å². The third-order valence-corrected chi connectivity index (χ3v) is 5.19. The predicted molar refractivity (Wildman–Crippen MR) is 103 cm³/mol. The summed E-state index contributed by atoms with van der Waals surface area (Å²) in [5.74, 6) is 0.203. The molecule has 0 atom stereocenters. The molecule has 4 nitrogen and oxygen atoms in total. The molecular formula is C22H22FN3O. The molecular weight excluding hydrogens is 341 g/mol. The van der Waals surface area contributed by atoms with Gasteiger partial charge in [-0.3, -0.25) is 4.79 Å². The molecule has 1 saturated heterocycles. The van der Waals surface area contributed by atoms with Crippen molar-refractivity contribution in [1.29, 1.82) is 0 Å². The molecule has 0 N–H and O–H groups in total. The van der Waals surface area contributed by atoms with Crippen LogP contribution < -0.4 is 0 Å². The molecule has 0 radical (unpaired) electrons. The van der Waals surface area contributed by atoms with Crippen LogP contribution in [0.25, 0.3) is 5.69 Å². The number of hydrogen-bond donors (Lipinski definition) is 0. The Morgan fingerprint density at radius 3 is 2.63 bits per heavy atom. The van der Waals surface area contributed by atoms with Crippen LogP contribution in [0.3, 0.4) is 0 Å². The summed E-state index contributed by atoms with van der Waals surface area (Å²) in [6, 6.07) is 14.2. The Bertz CT molecular complexity index is 957. The summed E-state index contributed by atoms with van der Waals surface area (Å²) in [6.07, 6.45) is 5.64. The van der Waals surface area contributed by atoms with Gasteiger partial charge in [-0.05, 0) is 61.6 Å². The Hall–Kier alpha value is -2.95. The number of benzene rings is 2. The lowest BCUT2D eigenvalue weighted by atomic mass is 9.91. The van der Waals surface area contributed by atoms with Gasteiger partial charge in [0, 0.05) is 24.8 Å². The van der Waals surface area contributed by atoms with Gasteiger partial charge in [-0.15, -0.1) is 0 Å². The summed E-state index contributed by atoms with van der Waals surface area (Å²) >= 11 is 0. The third-order valence-electron chi connectivity index (χ3n) is 5.19. The van der Waals surface area contributed by atoms with Crippen LogP contribution in [0.2, 0.25) is 0 Å². The molecule has 5 heteroatoms. The van der Waals surface area contributed by atoms with Crippen LogP contribution in [0.15, 0.2) is 60.9 Å². The molecule has 4 rings (SSSR count). The number of likely N-dealkylation sites (tertiary alicyclic amines) is 1. The van der Waals surface area contributed by atoms with Crippen LogP contribution >= 0.6 is 0 Å². The monoisotopic (exact) mass is 363 g/mol. The molecule has 2 heterocycles. The van der Waals surface area contributed by atoms with E-state index in [0.29, 0.717) is 11.6 Å². The van der Waals surface area contributed by atoms with Crippen LogP contribution in [-0.4, -0.2) is 33.7 Å². The molecule has 1 aromatic heterocycles. The first-order chi connectivity index (χ1) is 13.1. The second-order valence-corrected chi connectivity index (χ2v) is 7.13. The fraction of sp³-hybridized carbons (Fsp3) is 0.273. The average Bonchev–Trinajstić information content (AvgIpc) is 3.18. The minimum atomic E-state index is -0.271. The van der Waals surface area contributed by atoms with Crippen molar-refractivity contribution in [2.24, 2.45) is 0 Å². The second-order valence-electron chi connectivity index (χ2n) is 7.13. The standard InChI is InChI=1S/C22H22FN3O/c1-16-4-2-5-18(12-16)22(27)25-10-8-17(9-11-25)19-14-24-26(15-19)21-7-3-6-20(23)13-21/h2-7,12-15,17H,8-11H2,1H3. The molecule has 0 unspecified atom stereocenters. The van der Waals surface area contributed by atoms with E-state index in [1.54, 1.807) is 10.7 Å². The average molecular weight is 363 g/mol. The normalized spacial score (nSPS) is 15.1. The number of carbonyl (C=O) groups excluding carboxylic acids is 1. The minimum absolute atomic E-state index is 0.104. The Kier molecular flexibility index (Phi) is 4.75. The SMILES string of the molecule is Cc1cccc(C(=O)N2CCC(c3cnn(-c4cccc(F)c4)c3)CC2)c1. The molecule has 0 spiro atoms. The maximum absolute atomic E-state index is 13.4. The van der Waals surface area contributed by atoms with Crippen molar-refractivity contribution >= 4 is 5.91 Å². The van der Waals surface area contributed by atoms with Gasteiger partial charge in [-0.1, -0.05) is 23.8 Å². The van der Waals surface area contributed by atoms with Gasteiger partial charge in [0.2, 0.25) is 0 Å². The van der Waals surface area contributed by atoms with Crippen LogP contribution in [-0.2, 0) is 0 Å². The molecule has 1 aliphatic heterocycles. The first kappa shape index (κ1) is 17.5. The van der Waals surface area contributed by atoms with Gasteiger partial charge in [0.05, 0.1) is 11.9 Å². The smallest absolute Gasteiger partial charge is 0.253 e. The van der Waals surface area contributed by atoms with Crippen LogP contribution in [0.1, 0.15) is 40.2 Å². The number of halogens is 1. The van der Waals surface area contributed by atoms with E-state index in [-0.39, 0.29) is 11.7 Å². The van der Waals surface area contributed by atoms with Crippen LogP contribution in [0.5, 0.6) is 0 Å². The largest absolute Gasteiger partial charge is 0.339 e. The van der Waals surface area contributed by atoms with Crippen molar-refractivity contribution in [3.05, 3.63) is 83.4 Å². The topological polar surface area (TPSA) is 38.1 Å². The van der Waals surface area contributed by atoms with Crippen molar-refractivity contribution in [1.82, 2.24) is 14.7 Å². The first-order valence-electron chi connectivity index (χ1n) is 9.26. The summed E-state index contributed by atoms with van der Waals surface area (Å²) in [5, 5.41) is 4.38. The van der Waals surface area contributed by atoms with E-state index in [1.165, 1.54) is 12.1 Å². The van der Waals surface area contributed by atoms with E-state index in [0.717, 1.165) is 42.6 Å². The highest BCUT2D eigenvalue weighted by Crippen LogP contribution is 2.29.